The van der Waals surface area contributed by atoms with Gasteiger partial charge in [-0.3, -0.25) is 0 Å². The van der Waals surface area contributed by atoms with Gasteiger partial charge in [0.25, 0.3) is 0 Å². The van der Waals surface area contributed by atoms with Crippen LogP contribution in [0.2, 0.25) is 0 Å². The number of unbranched alkanes of at least 4 members (excludes halogenated alkanes) is 8. The summed E-state index contributed by atoms with van der Waals surface area (Å²) in [5, 5.41) is 0. The number of hydrogen-bond donors (Lipinski definition) is 1. The first kappa shape index (κ1) is 17.2. The Hall–Kier alpha value is -0.820. The Morgan fingerprint density at radius 2 is 1.30 bits per heavy atom. The van der Waals surface area contributed by atoms with Crippen molar-refractivity contribution < 1.29 is 0 Å². The summed E-state index contributed by atoms with van der Waals surface area (Å²) in [7, 11) is 0. The summed E-state index contributed by atoms with van der Waals surface area (Å²) >= 11 is 0. The molecule has 0 spiro atoms. The Labute approximate surface area is 126 Å². The lowest BCUT2D eigenvalue weighted by atomic mass is 9.99. The third kappa shape index (κ3) is 7.69. The van der Waals surface area contributed by atoms with E-state index < -0.39 is 0 Å². The summed E-state index contributed by atoms with van der Waals surface area (Å²) in [6.07, 6.45) is 13.5. The van der Waals surface area contributed by atoms with Crippen molar-refractivity contribution in [3.63, 3.8) is 0 Å². The van der Waals surface area contributed by atoms with Gasteiger partial charge in [-0.15, -0.1) is 0 Å². The van der Waals surface area contributed by atoms with Crippen molar-refractivity contribution in [2.45, 2.75) is 84.1 Å². The predicted octanol–water partition coefficient (Wildman–Crippen LogP) is 5.92. The van der Waals surface area contributed by atoms with Crippen LogP contribution in [0, 0.1) is 6.92 Å². The van der Waals surface area contributed by atoms with Crippen molar-refractivity contribution in [3.05, 3.63) is 35.4 Å². The average Bonchev–Trinajstić information content (AvgIpc) is 2.46. The van der Waals surface area contributed by atoms with E-state index in [1.807, 2.05) is 0 Å². The first-order valence-electron chi connectivity index (χ1n) is 8.56. The maximum absolute atomic E-state index is 6.24. The highest BCUT2D eigenvalue weighted by molar-refractivity contribution is 5.23. The molecule has 0 heterocycles. The van der Waals surface area contributed by atoms with Crippen molar-refractivity contribution >= 4 is 0 Å². The van der Waals surface area contributed by atoms with Crippen molar-refractivity contribution in [1.82, 2.24) is 0 Å². The van der Waals surface area contributed by atoms with Crippen LogP contribution in [0.4, 0.5) is 0 Å². The molecule has 0 saturated carbocycles. The molecule has 0 aromatic heterocycles. The second kappa shape index (κ2) is 10.9. The fourth-order valence-corrected chi connectivity index (χ4v) is 2.66. The summed E-state index contributed by atoms with van der Waals surface area (Å²) in [5.74, 6) is 0. The molecule has 0 aliphatic rings. The van der Waals surface area contributed by atoms with Gasteiger partial charge in [0.05, 0.1) is 0 Å². The summed E-state index contributed by atoms with van der Waals surface area (Å²) < 4.78 is 0. The molecular formula is C19H33N. The molecule has 0 aliphatic heterocycles. The van der Waals surface area contributed by atoms with Crippen molar-refractivity contribution in [2.75, 3.05) is 0 Å². The second-order valence-corrected chi connectivity index (χ2v) is 6.13. The van der Waals surface area contributed by atoms with Gasteiger partial charge in [-0.1, -0.05) is 94.5 Å². The first-order valence-corrected chi connectivity index (χ1v) is 8.56. The smallest absolute Gasteiger partial charge is 0.0294 e. The zero-order valence-electron chi connectivity index (χ0n) is 13.5. The largest absolute Gasteiger partial charge is 0.324 e. The topological polar surface area (TPSA) is 26.0 Å². The fraction of sp³-hybridized carbons (Fsp3) is 0.684. The Balaban J connectivity index is 1.99. The van der Waals surface area contributed by atoms with E-state index in [0.29, 0.717) is 0 Å². The Morgan fingerprint density at radius 1 is 0.800 bits per heavy atom. The van der Waals surface area contributed by atoms with Gasteiger partial charge in [0, 0.05) is 6.04 Å². The quantitative estimate of drug-likeness (QED) is 0.499. The molecule has 1 rings (SSSR count). The molecule has 1 atom stereocenters. The molecule has 0 unspecified atom stereocenters. The molecule has 0 fully saturated rings. The van der Waals surface area contributed by atoms with Gasteiger partial charge in [-0.05, 0) is 18.9 Å². The van der Waals surface area contributed by atoms with E-state index in [2.05, 4.69) is 38.1 Å². The normalized spacial score (nSPS) is 12.6. The van der Waals surface area contributed by atoms with Crippen molar-refractivity contribution in [2.24, 2.45) is 5.73 Å². The van der Waals surface area contributed by atoms with E-state index >= 15 is 0 Å². The van der Waals surface area contributed by atoms with Crippen LogP contribution >= 0.6 is 0 Å². The fourth-order valence-electron chi connectivity index (χ4n) is 2.66. The highest BCUT2D eigenvalue weighted by Gasteiger charge is 2.04. The van der Waals surface area contributed by atoms with Crippen LogP contribution in [0.15, 0.2) is 24.3 Å². The summed E-state index contributed by atoms with van der Waals surface area (Å²) in [6.45, 7) is 4.40. The van der Waals surface area contributed by atoms with Crippen molar-refractivity contribution in [3.8, 4) is 0 Å². The Bertz CT molecular complexity index is 328. The molecule has 1 heteroatoms. The maximum atomic E-state index is 6.24. The Kier molecular flexibility index (Phi) is 9.40. The number of aryl methyl sites for hydroxylation is 1. The van der Waals surface area contributed by atoms with Gasteiger partial charge in [0.2, 0.25) is 0 Å². The summed E-state index contributed by atoms with van der Waals surface area (Å²) in [5.41, 5.74) is 8.84. The van der Waals surface area contributed by atoms with Crippen LogP contribution < -0.4 is 5.73 Å². The minimum absolute atomic E-state index is 0.222. The zero-order chi connectivity index (χ0) is 14.6. The predicted molar refractivity (Wildman–Crippen MR) is 90.0 cm³/mol. The van der Waals surface area contributed by atoms with Crippen molar-refractivity contribution in [1.29, 1.82) is 0 Å². The van der Waals surface area contributed by atoms with Crippen LogP contribution in [0.3, 0.4) is 0 Å². The third-order valence-electron chi connectivity index (χ3n) is 4.12. The van der Waals surface area contributed by atoms with E-state index in [0.717, 1.165) is 6.42 Å². The van der Waals surface area contributed by atoms with Gasteiger partial charge in [-0.2, -0.15) is 0 Å². The maximum Gasteiger partial charge on any atom is 0.0294 e. The number of nitrogens with two attached hydrogens (primary N) is 1. The van der Waals surface area contributed by atoms with Crippen LogP contribution in [-0.4, -0.2) is 0 Å². The lowest BCUT2D eigenvalue weighted by Crippen LogP contribution is -2.09. The molecule has 0 saturated heterocycles. The number of hydrogen-bond acceptors (Lipinski definition) is 1. The molecule has 1 nitrogen and oxygen atoms in total. The molecule has 2 N–H and O–H groups in total. The zero-order valence-corrected chi connectivity index (χ0v) is 13.5. The molecular weight excluding hydrogens is 242 g/mol. The SMILES string of the molecule is CCCCCCCCCCC[C@H](N)c1ccc(C)cc1. The highest BCUT2D eigenvalue weighted by Crippen LogP contribution is 2.18. The van der Waals surface area contributed by atoms with Crippen LogP contribution in [0.5, 0.6) is 0 Å². The average molecular weight is 275 g/mol. The Morgan fingerprint density at radius 3 is 1.85 bits per heavy atom. The molecule has 1 aromatic carbocycles. The first-order chi connectivity index (χ1) is 9.74. The highest BCUT2D eigenvalue weighted by atomic mass is 14.6. The second-order valence-electron chi connectivity index (χ2n) is 6.13. The van der Waals surface area contributed by atoms with Gasteiger partial charge in [0.15, 0.2) is 0 Å². The van der Waals surface area contributed by atoms with Crippen LogP contribution in [0.1, 0.15) is 88.3 Å². The molecule has 1 aromatic rings. The number of rotatable bonds is 11. The van der Waals surface area contributed by atoms with Crippen LogP contribution in [-0.2, 0) is 0 Å². The van der Waals surface area contributed by atoms with Gasteiger partial charge < -0.3 is 5.73 Å². The van der Waals surface area contributed by atoms with E-state index in [1.54, 1.807) is 0 Å². The van der Waals surface area contributed by atoms with E-state index in [1.165, 1.54) is 68.9 Å². The minimum Gasteiger partial charge on any atom is -0.324 e. The standard InChI is InChI=1S/C19H33N/c1-3-4-5-6-7-8-9-10-11-12-19(20)18-15-13-17(2)14-16-18/h13-16,19H,3-12,20H2,1-2H3/t19-/m0/s1. The van der Waals surface area contributed by atoms with Crippen LogP contribution in [0.25, 0.3) is 0 Å². The lowest BCUT2D eigenvalue weighted by Gasteiger charge is -2.12. The molecule has 114 valence electrons. The van der Waals surface area contributed by atoms with Gasteiger partial charge in [-0.25, -0.2) is 0 Å². The van der Waals surface area contributed by atoms with Gasteiger partial charge >= 0.3 is 0 Å². The summed E-state index contributed by atoms with van der Waals surface area (Å²) in [4.78, 5) is 0. The summed E-state index contributed by atoms with van der Waals surface area (Å²) in [6, 6.07) is 8.89. The monoisotopic (exact) mass is 275 g/mol. The molecule has 0 aliphatic carbocycles. The van der Waals surface area contributed by atoms with Gasteiger partial charge in [0.1, 0.15) is 0 Å². The number of benzene rings is 1. The molecule has 0 bridgehead atoms. The van der Waals surface area contributed by atoms with E-state index in [-0.39, 0.29) is 6.04 Å². The third-order valence-corrected chi connectivity index (χ3v) is 4.12. The lowest BCUT2D eigenvalue weighted by molar-refractivity contribution is 0.532. The van der Waals surface area contributed by atoms with E-state index in [4.69, 9.17) is 5.73 Å². The molecule has 0 radical (unpaired) electrons. The molecule has 0 amide bonds. The molecule has 20 heavy (non-hydrogen) atoms. The minimum atomic E-state index is 0.222. The van der Waals surface area contributed by atoms with E-state index in [9.17, 15) is 0 Å².